The molecular formula is C28H27F2N5O2. The molecule has 37 heavy (non-hydrogen) atoms. The smallest absolute Gasteiger partial charge is 0.280 e. The van der Waals surface area contributed by atoms with E-state index >= 15 is 0 Å². The van der Waals surface area contributed by atoms with E-state index in [1.54, 1.807) is 9.80 Å². The number of pyridine rings is 1. The lowest BCUT2D eigenvalue weighted by molar-refractivity contribution is -0.126. The summed E-state index contributed by atoms with van der Waals surface area (Å²) in [4.78, 5) is 33.4. The molecule has 1 aromatic carbocycles. The molecule has 9 heteroatoms. The highest BCUT2D eigenvalue weighted by atomic mass is 19.3. The van der Waals surface area contributed by atoms with E-state index < -0.39 is 12.5 Å². The summed E-state index contributed by atoms with van der Waals surface area (Å²) in [5.41, 5.74) is 5.09. The SMILES string of the molecule is C=CC(=O)N1CCc2nn(-c3ccc(C4CC4)cc3)c3c2[C@H](C1)N(C(=O)c1ccc(C(F)F)nc1)CC3. The van der Waals surface area contributed by atoms with Crippen LogP contribution in [0.2, 0.25) is 0 Å². The molecule has 3 aliphatic rings. The Kier molecular flexibility index (Phi) is 5.85. The molecule has 4 heterocycles. The molecule has 2 amide bonds. The number of nitrogens with zero attached hydrogens (tertiary/aromatic N) is 5. The van der Waals surface area contributed by atoms with E-state index in [4.69, 9.17) is 5.10 Å². The van der Waals surface area contributed by atoms with Gasteiger partial charge in [0, 0.05) is 44.2 Å². The van der Waals surface area contributed by atoms with Crippen molar-refractivity contribution in [2.45, 2.75) is 44.1 Å². The molecule has 0 radical (unpaired) electrons. The van der Waals surface area contributed by atoms with Crippen molar-refractivity contribution < 1.29 is 18.4 Å². The molecule has 0 bridgehead atoms. The van der Waals surface area contributed by atoms with Gasteiger partial charge in [-0.1, -0.05) is 18.7 Å². The quantitative estimate of drug-likeness (QED) is 0.484. The third-order valence-corrected chi connectivity index (χ3v) is 7.60. The maximum Gasteiger partial charge on any atom is 0.280 e. The normalized spacial score (nSPS) is 18.9. The van der Waals surface area contributed by atoms with Crippen LogP contribution in [0.3, 0.4) is 0 Å². The van der Waals surface area contributed by atoms with Crippen molar-refractivity contribution in [1.82, 2.24) is 24.6 Å². The first-order valence-electron chi connectivity index (χ1n) is 12.6. The van der Waals surface area contributed by atoms with Crippen LogP contribution in [0.25, 0.3) is 5.69 Å². The third-order valence-electron chi connectivity index (χ3n) is 7.60. The molecule has 1 saturated carbocycles. The van der Waals surface area contributed by atoms with Gasteiger partial charge in [0.05, 0.1) is 28.7 Å². The summed E-state index contributed by atoms with van der Waals surface area (Å²) in [5, 5.41) is 4.97. The number of alkyl halides is 2. The fourth-order valence-electron chi connectivity index (χ4n) is 5.51. The number of hydrogen-bond acceptors (Lipinski definition) is 4. The Hall–Kier alpha value is -3.88. The molecule has 0 spiro atoms. The van der Waals surface area contributed by atoms with E-state index in [1.165, 1.54) is 42.8 Å². The molecule has 2 aromatic heterocycles. The molecule has 6 rings (SSSR count). The van der Waals surface area contributed by atoms with Crippen molar-refractivity contribution in [3.8, 4) is 5.69 Å². The van der Waals surface area contributed by atoms with Gasteiger partial charge in [0.2, 0.25) is 5.91 Å². The maximum absolute atomic E-state index is 13.6. The first-order valence-corrected chi connectivity index (χ1v) is 12.6. The van der Waals surface area contributed by atoms with E-state index in [0.717, 1.165) is 22.6 Å². The molecule has 1 aliphatic carbocycles. The number of benzene rings is 1. The highest BCUT2D eigenvalue weighted by Gasteiger charge is 2.40. The van der Waals surface area contributed by atoms with Gasteiger partial charge in [0.1, 0.15) is 5.69 Å². The van der Waals surface area contributed by atoms with Gasteiger partial charge in [0.15, 0.2) is 0 Å². The maximum atomic E-state index is 13.6. The van der Waals surface area contributed by atoms with Gasteiger partial charge in [-0.25, -0.2) is 13.5 Å². The Bertz CT molecular complexity index is 1360. The lowest BCUT2D eigenvalue weighted by atomic mass is 9.95. The van der Waals surface area contributed by atoms with Crippen LogP contribution in [0.1, 0.15) is 69.8 Å². The van der Waals surface area contributed by atoms with E-state index in [0.29, 0.717) is 38.4 Å². The first-order chi connectivity index (χ1) is 17.9. The third kappa shape index (κ3) is 4.22. The van der Waals surface area contributed by atoms with Crippen LogP contribution in [0.4, 0.5) is 8.78 Å². The highest BCUT2D eigenvalue weighted by Crippen LogP contribution is 2.41. The number of rotatable bonds is 5. The largest absolute Gasteiger partial charge is 0.336 e. The van der Waals surface area contributed by atoms with E-state index in [1.807, 2.05) is 4.68 Å². The van der Waals surface area contributed by atoms with Crippen LogP contribution in [0.15, 0.2) is 55.3 Å². The summed E-state index contributed by atoms with van der Waals surface area (Å²) >= 11 is 0. The lowest BCUT2D eigenvalue weighted by Gasteiger charge is -2.37. The van der Waals surface area contributed by atoms with Gasteiger partial charge >= 0.3 is 0 Å². The van der Waals surface area contributed by atoms with Crippen molar-refractivity contribution in [3.63, 3.8) is 0 Å². The summed E-state index contributed by atoms with van der Waals surface area (Å²) in [6.07, 6.45) is 3.43. The lowest BCUT2D eigenvalue weighted by Crippen LogP contribution is -2.45. The minimum atomic E-state index is -2.70. The second-order valence-electron chi connectivity index (χ2n) is 9.86. The summed E-state index contributed by atoms with van der Waals surface area (Å²) in [6, 6.07) is 10.7. The van der Waals surface area contributed by atoms with E-state index in [-0.39, 0.29) is 23.1 Å². The zero-order valence-electron chi connectivity index (χ0n) is 20.3. The average molecular weight is 504 g/mol. The Morgan fingerprint density at radius 3 is 2.49 bits per heavy atom. The Labute approximate surface area is 213 Å². The number of carbonyl (C=O) groups excluding carboxylic acids is 2. The highest BCUT2D eigenvalue weighted by molar-refractivity contribution is 5.94. The molecule has 1 atom stereocenters. The van der Waals surface area contributed by atoms with Crippen LogP contribution >= 0.6 is 0 Å². The number of aromatic nitrogens is 3. The second kappa shape index (κ2) is 9.21. The van der Waals surface area contributed by atoms with Crippen molar-refractivity contribution >= 4 is 11.8 Å². The Balaban J connectivity index is 1.38. The van der Waals surface area contributed by atoms with Gasteiger partial charge in [0.25, 0.3) is 12.3 Å². The predicted molar refractivity (Wildman–Crippen MR) is 133 cm³/mol. The molecule has 7 nitrogen and oxygen atoms in total. The summed E-state index contributed by atoms with van der Waals surface area (Å²) in [6.45, 7) is 4.82. The summed E-state index contributed by atoms with van der Waals surface area (Å²) < 4.78 is 27.9. The molecule has 1 fully saturated rings. The molecule has 190 valence electrons. The van der Waals surface area contributed by atoms with Crippen molar-refractivity contribution in [1.29, 1.82) is 0 Å². The first kappa shape index (κ1) is 23.5. The predicted octanol–water partition coefficient (Wildman–Crippen LogP) is 4.39. The fourth-order valence-corrected chi connectivity index (χ4v) is 5.51. The van der Waals surface area contributed by atoms with Crippen molar-refractivity contribution in [2.24, 2.45) is 0 Å². The Morgan fingerprint density at radius 1 is 1.05 bits per heavy atom. The molecule has 3 aromatic rings. The number of hydrogen-bond donors (Lipinski definition) is 0. The van der Waals surface area contributed by atoms with E-state index in [9.17, 15) is 18.4 Å². The van der Waals surface area contributed by atoms with Gasteiger partial charge in [-0.3, -0.25) is 14.6 Å². The van der Waals surface area contributed by atoms with E-state index in [2.05, 4.69) is 35.8 Å². The fraction of sp³-hybridized carbons (Fsp3) is 0.357. The number of amides is 2. The average Bonchev–Trinajstić information content (AvgIpc) is 3.73. The van der Waals surface area contributed by atoms with Crippen LogP contribution < -0.4 is 0 Å². The number of halogens is 2. The standard InChI is InChI=1S/C28H27F2N5O2/c1-2-25(36)33-13-11-21-26-23(35(32-21)20-8-5-18(6-9-20)17-3-4-17)12-14-34(24(26)16-33)28(37)19-7-10-22(27(29)30)31-15-19/h2,5-10,15,17,24,27H,1,3-4,11-14,16H2/t24-/m0/s1. The van der Waals surface area contributed by atoms with Crippen molar-refractivity contribution in [2.75, 3.05) is 19.6 Å². The minimum absolute atomic E-state index is 0.198. The molecular weight excluding hydrogens is 476 g/mol. The van der Waals surface area contributed by atoms with Crippen molar-refractivity contribution in [3.05, 3.63) is 89.0 Å². The molecule has 0 saturated heterocycles. The molecule has 0 unspecified atom stereocenters. The van der Waals surface area contributed by atoms with Crippen LogP contribution in [-0.2, 0) is 17.6 Å². The zero-order valence-corrected chi connectivity index (χ0v) is 20.3. The van der Waals surface area contributed by atoms with Gasteiger partial charge in [-0.15, -0.1) is 0 Å². The number of carbonyl (C=O) groups is 2. The topological polar surface area (TPSA) is 71.3 Å². The van der Waals surface area contributed by atoms with Gasteiger partial charge in [-0.05, 0) is 54.7 Å². The van der Waals surface area contributed by atoms with Crippen LogP contribution in [-0.4, -0.2) is 56.0 Å². The second-order valence-corrected chi connectivity index (χ2v) is 9.86. The Morgan fingerprint density at radius 2 is 1.84 bits per heavy atom. The monoisotopic (exact) mass is 503 g/mol. The van der Waals surface area contributed by atoms with Crippen LogP contribution in [0, 0.1) is 0 Å². The summed E-state index contributed by atoms with van der Waals surface area (Å²) in [7, 11) is 0. The summed E-state index contributed by atoms with van der Waals surface area (Å²) in [5.74, 6) is 0.170. The zero-order chi connectivity index (χ0) is 25.7. The van der Waals surface area contributed by atoms with Gasteiger partial charge in [-0.2, -0.15) is 5.10 Å². The molecule has 0 N–H and O–H groups in total. The molecule has 2 aliphatic heterocycles. The van der Waals surface area contributed by atoms with Gasteiger partial charge < -0.3 is 9.80 Å². The van der Waals surface area contributed by atoms with Crippen LogP contribution in [0.5, 0.6) is 0 Å². The minimum Gasteiger partial charge on any atom is -0.336 e.